The molecule has 110 valence electrons. The molecule has 0 saturated heterocycles. The summed E-state index contributed by atoms with van der Waals surface area (Å²) >= 11 is 9.20. The van der Waals surface area contributed by atoms with Crippen molar-refractivity contribution in [3.8, 4) is 0 Å². The minimum absolute atomic E-state index is 0.416. The molecule has 1 unspecified atom stereocenters. The van der Waals surface area contributed by atoms with Gasteiger partial charge in [0, 0.05) is 10.2 Å². The summed E-state index contributed by atoms with van der Waals surface area (Å²) in [6, 6.07) is 10.4. The molecule has 2 aromatic carbocycles. The number of nitrogens with one attached hydrogen (secondary N) is 1. The summed E-state index contributed by atoms with van der Waals surface area (Å²) in [5.74, 6) is -1.49. The molecule has 2 rings (SSSR count). The number of aliphatic carboxylic acids is 1. The number of carboxylic acids is 1. The number of carbonyl (C=O) groups is 1. The van der Waals surface area contributed by atoms with Gasteiger partial charge in [0.25, 0.3) is 0 Å². The Labute approximate surface area is 134 Å². The van der Waals surface area contributed by atoms with Gasteiger partial charge in [0.15, 0.2) is 5.54 Å². The van der Waals surface area contributed by atoms with Crippen molar-refractivity contribution in [2.45, 2.75) is 12.5 Å². The lowest BCUT2D eigenvalue weighted by Crippen LogP contribution is -2.40. The summed E-state index contributed by atoms with van der Waals surface area (Å²) in [6.45, 7) is 1.52. The largest absolute Gasteiger partial charge is 0.479 e. The number of hydrogen-bond donors (Lipinski definition) is 2. The number of anilines is 1. The summed E-state index contributed by atoms with van der Waals surface area (Å²) in [7, 11) is 0. The Kier molecular flexibility index (Phi) is 4.54. The third-order valence-corrected chi connectivity index (χ3v) is 4.38. The topological polar surface area (TPSA) is 49.3 Å². The van der Waals surface area contributed by atoms with Crippen molar-refractivity contribution in [3.63, 3.8) is 0 Å². The number of carboxylic acid groups (broad SMARTS) is 1. The van der Waals surface area contributed by atoms with E-state index in [0.29, 0.717) is 20.7 Å². The van der Waals surface area contributed by atoms with Crippen LogP contribution in [0.1, 0.15) is 12.5 Å². The van der Waals surface area contributed by atoms with Crippen LogP contribution in [-0.2, 0) is 10.3 Å². The summed E-state index contributed by atoms with van der Waals surface area (Å²) in [5.41, 5.74) is -0.357. The van der Waals surface area contributed by atoms with Crippen LogP contribution in [0.2, 0.25) is 5.02 Å². The van der Waals surface area contributed by atoms with Gasteiger partial charge in [0.1, 0.15) is 5.82 Å². The molecule has 0 aliphatic rings. The maximum Gasteiger partial charge on any atom is 0.333 e. The van der Waals surface area contributed by atoms with Crippen molar-refractivity contribution in [1.29, 1.82) is 0 Å². The zero-order chi connectivity index (χ0) is 15.6. The van der Waals surface area contributed by atoms with Gasteiger partial charge in [-0.1, -0.05) is 23.7 Å². The first kappa shape index (κ1) is 15.8. The fourth-order valence-corrected chi connectivity index (χ4v) is 2.39. The van der Waals surface area contributed by atoms with Crippen molar-refractivity contribution >= 4 is 39.2 Å². The average Bonchev–Trinajstić information content (AvgIpc) is 2.43. The van der Waals surface area contributed by atoms with E-state index in [9.17, 15) is 14.3 Å². The van der Waals surface area contributed by atoms with Gasteiger partial charge >= 0.3 is 5.97 Å². The summed E-state index contributed by atoms with van der Waals surface area (Å²) in [6.07, 6.45) is 0. The van der Waals surface area contributed by atoms with Crippen molar-refractivity contribution in [1.82, 2.24) is 0 Å². The minimum Gasteiger partial charge on any atom is -0.479 e. The van der Waals surface area contributed by atoms with Gasteiger partial charge in [-0.3, -0.25) is 0 Å². The standard InChI is InChI=1S/C15H12BrClFNO2/c1-15(14(20)21,9-2-4-10(18)5-3-9)19-11-6-7-13(17)12(16)8-11/h2-8,19H,1H3,(H,20,21). The Balaban J connectivity index is 2.40. The van der Waals surface area contributed by atoms with Crippen LogP contribution in [0.25, 0.3) is 0 Å². The van der Waals surface area contributed by atoms with E-state index < -0.39 is 17.3 Å². The molecule has 0 bridgehead atoms. The predicted octanol–water partition coefficient (Wildman–Crippen LogP) is 4.65. The van der Waals surface area contributed by atoms with E-state index in [1.165, 1.54) is 31.2 Å². The van der Waals surface area contributed by atoms with Gasteiger partial charge in [-0.05, 0) is 58.7 Å². The van der Waals surface area contributed by atoms with E-state index in [1.807, 2.05) is 0 Å². The van der Waals surface area contributed by atoms with Crippen LogP contribution < -0.4 is 5.32 Å². The van der Waals surface area contributed by atoms with Crippen molar-refractivity contribution in [3.05, 3.63) is 63.3 Å². The molecule has 21 heavy (non-hydrogen) atoms. The molecule has 2 N–H and O–H groups in total. The minimum atomic E-state index is -1.39. The van der Waals surface area contributed by atoms with E-state index in [1.54, 1.807) is 18.2 Å². The second kappa shape index (κ2) is 6.03. The lowest BCUT2D eigenvalue weighted by Gasteiger charge is -2.28. The first-order valence-electron chi connectivity index (χ1n) is 6.05. The Morgan fingerprint density at radius 2 is 1.90 bits per heavy atom. The molecule has 0 aliphatic heterocycles. The molecule has 0 aliphatic carbocycles. The Hall–Kier alpha value is -1.59. The lowest BCUT2D eigenvalue weighted by molar-refractivity contribution is -0.142. The van der Waals surface area contributed by atoms with Gasteiger partial charge in [-0.15, -0.1) is 0 Å². The third kappa shape index (κ3) is 3.36. The highest BCUT2D eigenvalue weighted by molar-refractivity contribution is 9.10. The smallest absolute Gasteiger partial charge is 0.333 e. The lowest BCUT2D eigenvalue weighted by atomic mass is 9.91. The molecule has 0 radical (unpaired) electrons. The average molecular weight is 373 g/mol. The first-order chi connectivity index (χ1) is 9.83. The molecule has 0 fully saturated rings. The molecule has 6 heteroatoms. The maximum absolute atomic E-state index is 13.0. The molecule has 0 heterocycles. The Bertz CT molecular complexity index is 678. The monoisotopic (exact) mass is 371 g/mol. The number of benzene rings is 2. The van der Waals surface area contributed by atoms with Crippen LogP contribution >= 0.6 is 27.5 Å². The van der Waals surface area contributed by atoms with Crippen molar-refractivity contribution in [2.75, 3.05) is 5.32 Å². The molecular formula is C15H12BrClFNO2. The normalized spacial score (nSPS) is 13.5. The Morgan fingerprint density at radius 1 is 1.29 bits per heavy atom. The van der Waals surface area contributed by atoms with E-state index in [4.69, 9.17) is 11.6 Å². The molecule has 1 atom stereocenters. The molecule has 0 spiro atoms. The van der Waals surface area contributed by atoms with Crippen LogP contribution in [0.3, 0.4) is 0 Å². The highest BCUT2D eigenvalue weighted by Crippen LogP contribution is 2.31. The maximum atomic E-state index is 13.0. The van der Waals surface area contributed by atoms with Crippen LogP contribution in [0.4, 0.5) is 10.1 Å². The van der Waals surface area contributed by atoms with Gasteiger partial charge in [-0.25, -0.2) is 9.18 Å². The SMILES string of the molecule is CC(Nc1ccc(Cl)c(Br)c1)(C(=O)O)c1ccc(F)cc1. The second-order valence-electron chi connectivity index (χ2n) is 4.69. The fraction of sp³-hybridized carbons (Fsp3) is 0.133. The zero-order valence-electron chi connectivity index (χ0n) is 11.0. The van der Waals surface area contributed by atoms with Crippen LogP contribution in [0.15, 0.2) is 46.9 Å². The predicted molar refractivity (Wildman–Crippen MR) is 84.2 cm³/mol. The number of rotatable bonds is 4. The van der Waals surface area contributed by atoms with E-state index in [0.717, 1.165) is 0 Å². The van der Waals surface area contributed by atoms with E-state index in [-0.39, 0.29) is 0 Å². The van der Waals surface area contributed by atoms with Crippen molar-refractivity contribution < 1.29 is 14.3 Å². The van der Waals surface area contributed by atoms with Gasteiger partial charge in [0.05, 0.1) is 5.02 Å². The molecule has 0 amide bonds. The number of halogens is 3. The molecule has 0 saturated carbocycles. The van der Waals surface area contributed by atoms with Crippen LogP contribution in [0, 0.1) is 5.82 Å². The highest BCUT2D eigenvalue weighted by atomic mass is 79.9. The first-order valence-corrected chi connectivity index (χ1v) is 7.23. The molecule has 0 aromatic heterocycles. The second-order valence-corrected chi connectivity index (χ2v) is 5.95. The molecule has 2 aromatic rings. The third-order valence-electron chi connectivity index (χ3n) is 3.16. The van der Waals surface area contributed by atoms with E-state index in [2.05, 4.69) is 21.2 Å². The van der Waals surface area contributed by atoms with E-state index >= 15 is 0 Å². The van der Waals surface area contributed by atoms with Crippen LogP contribution in [0.5, 0.6) is 0 Å². The van der Waals surface area contributed by atoms with Crippen molar-refractivity contribution in [2.24, 2.45) is 0 Å². The number of hydrogen-bond acceptors (Lipinski definition) is 2. The zero-order valence-corrected chi connectivity index (χ0v) is 13.4. The summed E-state index contributed by atoms with van der Waals surface area (Å²) in [4.78, 5) is 11.7. The highest BCUT2D eigenvalue weighted by Gasteiger charge is 2.35. The Morgan fingerprint density at radius 3 is 2.43 bits per heavy atom. The molecular weight excluding hydrogens is 361 g/mol. The van der Waals surface area contributed by atoms with Gasteiger partial charge < -0.3 is 10.4 Å². The van der Waals surface area contributed by atoms with Gasteiger partial charge in [0.2, 0.25) is 0 Å². The summed E-state index contributed by atoms with van der Waals surface area (Å²) in [5, 5.41) is 13.0. The molecule has 3 nitrogen and oxygen atoms in total. The quantitative estimate of drug-likeness (QED) is 0.821. The summed E-state index contributed by atoms with van der Waals surface area (Å²) < 4.78 is 13.7. The van der Waals surface area contributed by atoms with Gasteiger partial charge in [-0.2, -0.15) is 0 Å². The van der Waals surface area contributed by atoms with Crippen LogP contribution in [-0.4, -0.2) is 11.1 Å². The fourth-order valence-electron chi connectivity index (χ4n) is 1.89.